The summed E-state index contributed by atoms with van der Waals surface area (Å²) >= 11 is 0. The maximum atomic E-state index is 11.9. The first-order valence-electron chi connectivity index (χ1n) is 17.0. The third kappa shape index (κ3) is 11.9. The molecular weight excluding hydrogens is 575 g/mol. The topological polar surface area (TPSA) is 43.4 Å². The smallest absolute Gasteiger partial charge is 0.266 e. The average molecular weight is 629 g/mol. The van der Waals surface area contributed by atoms with Crippen molar-refractivity contribution < 1.29 is 12.6 Å². The van der Waals surface area contributed by atoms with Crippen LogP contribution in [0.15, 0.2) is 126 Å². The molecule has 0 N–H and O–H groups in total. The number of unbranched alkanes of at least 4 members (excludes halogenated alkanes) is 10. The molecule has 4 aromatic carbocycles. The molecule has 0 saturated carbocycles. The molecule has 0 aliphatic carbocycles. The average Bonchev–Trinajstić information content (AvgIpc) is 3.10. The van der Waals surface area contributed by atoms with Gasteiger partial charge in [-0.2, -0.15) is 8.42 Å². The summed E-state index contributed by atoms with van der Waals surface area (Å²) < 4.78 is 29.6. The van der Waals surface area contributed by atoms with Gasteiger partial charge in [-0.3, -0.25) is 4.18 Å². The minimum Gasteiger partial charge on any atom is -0.266 e. The molecule has 0 spiro atoms. The lowest BCUT2D eigenvalue weighted by molar-refractivity contribution is 0.306. The van der Waals surface area contributed by atoms with Crippen molar-refractivity contribution in [3.8, 4) is 0 Å². The lowest BCUT2D eigenvalue weighted by Crippen LogP contribution is -2.39. The zero-order chi connectivity index (χ0) is 32.1. The van der Waals surface area contributed by atoms with Crippen LogP contribution in [0.2, 0.25) is 0 Å². The van der Waals surface area contributed by atoms with Gasteiger partial charge in [-0.15, -0.1) is 0 Å². The fourth-order valence-electron chi connectivity index (χ4n) is 5.69. The van der Waals surface area contributed by atoms with Crippen LogP contribution in [-0.2, 0) is 14.3 Å². The van der Waals surface area contributed by atoms with Gasteiger partial charge in [0.15, 0.2) is 0 Å². The van der Waals surface area contributed by atoms with Gasteiger partial charge in [0.05, 0.1) is 18.0 Å². The van der Waals surface area contributed by atoms with Gasteiger partial charge in [-0.05, 0) is 61.4 Å². The van der Waals surface area contributed by atoms with Crippen molar-refractivity contribution in [2.45, 2.75) is 95.8 Å². The normalized spacial score (nSPS) is 11.5. The highest BCUT2D eigenvalue weighted by molar-refractivity contribution is 7.86. The van der Waals surface area contributed by atoms with E-state index in [1.807, 2.05) is 0 Å². The molecule has 0 amide bonds. The van der Waals surface area contributed by atoms with Crippen LogP contribution in [0.1, 0.15) is 90.9 Å². The molecule has 242 valence electrons. The first-order valence-corrected chi connectivity index (χ1v) is 18.4. The van der Waals surface area contributed by atoms with Gasteiger partial charge in [0.1, 0.15) is 17.1 Å². The molecule has 4 rings (SSSR count). The number of para-hydroxylation sites is 3. The van der Waals surface area contributed by atoms with Gasteiger partial charge in [-0.25, -0.2) is 4.48 Å². The Labute approximate surface area is 273 Å². The van der Waals surface area contributed by atoms with Gasteiger partial charge in [0.25, 0.3) is 10.1 Å². The van der Waals surface area contributed by atoms with E-state index in [0.29, 0.717) is 0 Å². The SMILES string of the molecule is CCCCCCCCCCCCOS(=O)(=O)c1ccccc1.CCCC[N+](c1ccccc1)(c1ccccc1)c1ccccc1. The Hall–Kier alpha value is -3.25. The molecule has 4 aromatic rings. The van der Waals surface area contributed by atoms with E-state index in [0.717, 1.165) is 23.9 Å². The summed E-state index contributed by atoms with van der Waals surface area (Å²) in [5.41, 5.74) is 3.95. The summed E-state index contributed by atoms with van der Waals surface area (Å²) in [4.78, 5) is 0.238. The van der Waals surface area contributed by atoms with Crippen molar-refractivity contribution >= 4 is 27.2 Å². The highest BCUT2D eigenvalue weighted by atomic mass is 32.2. The summed E-state index contributed by atoms with van der Waals surface area (Å²) in [5, 5.41) is 0. The van der Waals surface area contributed by atoms with Crippen LogP contribution < -0.4 is 4.48 Å². The maximum Gasteiger partial charge on any atom is 0.296 e. The molecule has 4 nitrogen and oxygen atoms in total. The lowest BCUT2D eigenvalue weighted by atomic mass is 10.1. The van der Waals surface area contributed by atoms with Gasteiger partial charge < -0.3 is 0 Å². The Kier molecular flexibility index (Phi) is 16.7. The van der Waals surface area contributed by atoms with Crippen molar-refractivity contribution in [2.75, 3.05) is 13.2 Å². The molecule has 45 heavy (non-hydrogen) atoms. The van der Waals surface area contributed by atoms with Gasteiger partial charge in [0, 0.05) is 0 Å². The number of rotatable bonds is 19. The minimum absolute atomic E-state index is 0.238. The highest BCUT2D eigenvalue weighted by Gasteiger charge is 2.35. The molecular formula is C40H54NO3S+. The molecule has 0 unspecified atom stereocenters. The van der Waals surface area contributed by atoms with Crippen molar-refractivity contribution in [2.24, 2.45) is 0 Å². The van der Waals surface area contributed by atoms with Crippen LogP contribution in [0.25, 0.3) is 0 Å². The molecule has 0 saturated heterocycles. The Bertz CT molecular complexity index is 1300. The zero-order valence-corrected chi connectivity index (χ0v) is 28.3. The van der Waals surface area contributed by atoms with Gasteiger partial charge >= 0.3 is 0 Å². The highest BCUT2D eigenvalue weighted by Crippen LogP contribution is 2.43. The number of hydrogen-bond donors (Lipinski definition) is 0. The summed E-state index contributed by atoms with van der Waals surface area (Å²) in [5.74, 6) is 0. The van der Waals surface area contributed by atoms with Crippen LogP contribution >= 0.6 is 0 Å². The molecule has 0 aliphatic heterocycles. The van der Waals surface area contributed by atoms with E-state index in [2.05, 4.69) is 105 Å². The predicted octanol–water partition coefficient (Wildman–Crippen LogP) is 11.8. The number of quaternary nitrogens is 1. The van der Waals surface area contributed by atoms with Gasteiger partial charge in [-0.1, -0.05) is 151 Å². The van der Waals surface area contributed by atoms with E-state index in [1.54, 1.807) is 30.3 Å². The van der Waals surface area contributed by atoms with E-state index in [1.165, 1.54) is 81.3 Å². The van der Waals surface area contributed by atoms with Crippen LogP contribution in [0.3, 0.4) is 0 Å². The summed E-state index contributed by atoms with van der Waals surface area (Å²) in [6.45, 7) is 5.85. The van der Waals surface area contributed by atoms with Crippen LogP contribution in [0.4, 0.5) is 17.1 Å². The minimum atomic E-state index is -3.57. The summed E-state index contributed by atoms with van der Waals surface area (Å²) in [6.07, 6.45) is 14.6. The maximum absolute atomic E-state index is 11.9. The molecule has 0 heterocycles. The number of hydrogen-bond acceptors (Lipinski definition) is 3. The van der Waals surface area contributed by atoms with Crippen molar-refractivity contribution in [1.82, 2.24) is 4.48 Å². The van der Waals surface area contributed by atoms with E-state index in [9.17, 15) is 8.42 Å². The first-order chi connectivity index (χ1) is 22.0. The Balaban J connectivity index is 0.000000246. The molecule has 0 fully saturated rings. The first kappa shape index (κ1) is 36.2. The monoisotopic (exact) mass is 628 g/mol. The second-order valence-electron chi connectivity index (χ2n) is 11.7. The molecule has 0 atom stereocenters. The van der Waals surface area contributed by atoms with Crippen LogP contribution in [0, 0.1) is 0 Å². The van der Waals surface area contributed by atoms with Crippen molar-refractivity contribution in [1.29, 1.82) is 0 Å². The predicted molar refractivity (Wildman–Crippen MR) is 192 cm³/mol. The van der Waals surface area contributed by atoms with Crippen molar-refractivity contribution in [3.05, 3.63) is 121 Å². The quantitative estimate of drug-likeness (QED) is 0.0589. The van der Waals surface area contributed by atoms with E-state index in [-0.39, 0.29) is 11.5 Å². The third-order valence-electron chi connectivity index (χ3n) is 8.21. The van der Waals surface area contributed by atoms with E-state index in [4.69, 9.17) is 4.18 Å². The van der Waals surface area contributed by atoms with E-state index >= 15 is 0 Å². The standard InChI is InChI=1S/C22H24N.C18H30O3S/c1-2-3-19-23(20-13-7-4-8-14-20,21-15-9-5-10-16-21)22-17-11-6-12-18-22;1-2-3-4-5-6-7-8-9-10-14-17-21-22(19,20)18-15-12-11-13-16-18/h4-18H,2-3,19H2,1H3;11-13,15-16H,2-10,14,17H2,1H3/q+1;. The van der Waals surface area contributed by atoms with Gasteiger partial charge in [0.2, 0.25) is 0 Å². The Morgan fingerprint density at radius 1 is 0.467 bits per heavy atom. The summed E-state index contributed by atoms with van der Waals surface area (Å²) in [7, 11) is -3.57. The lowest BCUT2D eigenvalue weighted by Gasteiger charge is -2.37. The largest absolute Gasteiger partial charge is 0.296 e. The Morgan fingerprint density at radius 2 is 0.822 bits per heavy atom. The Morgan fingerprint density at radius 3 is 1.22 bits per heavy atom. The fraction of sp³-hybridized carbons (Fsp3) is 0.400. The molecule has 0 aliphatic rings. The van der Waals surface area contributed by atoms with Crippen LogP contribution in [0.5, 0.6) is 0 Å². The third-order valence-corrected chi connectivity index (χ3v) is 9.53. The molecule has 5 heteroatoms. The number of benzene rings is 4. The fourth-order valence-corrected chi connectivity index (χ4v) is 6.65. The second-order valence-corrected chi connectivity index (χ2v) is 13.3. The van der Waals surface area contributed by atoms with Crippen LogP contribution in [-0.4, -0.2) is 21.6 Å². The van der Waals surface area contributed by atoms with Crippen molar-refractivity contribution in [3.63, 3.8) is 0 Å². The zero-order valence-electron chi connectivity index (χ0n) is 27.5. The second kappa shape index (κ2) is 20.7. The molecule has 0 aromatic heterocycles. The number of nitrogens with zero attached hydrogens (tertiary/aromatic N) is 1. The van der Waals surface area contributed by atoms with E-state index < -0.39 is 10.1 Å². The molecule has 0 bridgehead atoms. The summed E-state index contributed by atoms with van der Waals surface area (Å²) in [6, 6.07) is 40.9. The molecule has 0 radical (unpaired) electrons.